The van der Waals surface area contributed by atoms with Crippen LogP contribution < -0.4 is 5.32 Å². The molecule has 3 rings (SSSR count). The fraction of sp³-hybridized carbons (Fsp3) is 0.350. The van der Waals surface area contributed by atoms with Crippen LogP contribution in [0.2, 0.25) is 0 Å². The Morgan fingerprint density at radius 2 is 1.52 bits per heavy atom. The van der Waals surface area contributed by atoms with Crippen LogP contribution >= 0.6 is 0 Å². The minimum absolute atomic E-state index is 0.0959. The second-order valence-corrected chi connectivity index (χ2v) is 6.48. The number of amides is 2. The molecule has 5 heteroatoms. The number of carbonyl (C=O) groups excluding carboxylic acids is 2. The fourth-order valence-electron chi connectivity index (χ4n) is 3.13. The molecule has 2 aromatic rings. The van der Waals surface area contributed by atoms with Crippen molar-refractivity contribution in [3.05, 3.63) is 58.9 Å². The highest BCUT2D eigenvalue weighted by atomic mass is 16.2. The number of piperidine rings is 1. The molecule has 130 valence electrons. The molecule has 1 saturated heterocycles. The highest BCUT2D eigenvalue weighted by Crippen LogP contribution is 2.20. The molecule has 2 amide bonds. The van der Waals surface area contributed by atoms with E-state index in [1.165, 1.54) is 0 Å². The lowest BCUT2D eigenvalue weighted by Gasteiger charge is -2.26. The number of aryl methyl sites for hydroxylation is 2. The Hall–Kier alpha value is -2.69. The zero-order chi connectivity index (χ0) is 17.8. The number of anilines is 1. The van der Waals surface area contributed by atoms with Crippen molar-refractivity contribution in [1.29, 1.82) is 0 Å². The van der Waals surface area contributed by atoms with Crippen LogP contribution in [-0.4, -0.2) is 34.8 Å². The van der Waals surface area contributed by atoms with Gasteiger partial charge >= 0.3 is 0 Å². The number of nitrogens with one attached hydrogen (secondary N) is 1. The number of pyridine rings is 1. The van der Waals surface area contributed by atoms with Gasteiger partial charge in [0.15, 0.2) is 0 Å². The first-order chi connectivity index (χ1) is 12.1. The number of carbonyl (C=O) groups is 2. The highest BCUT2D eigenvalue weighted by molar-refractivity contribution is 6.04. The summed E-state index contributed by atoms with van der Waals surface area (Å²) in [7, 11) is 0. The third kappa shape index (κ3) is 3.87. The van der Waals surface area contributed by atoms with Crippen LogP contribution in [0.25, 0.3) is 0 Å². The predicted octanol–water partition coefficient (Wildman–Crippen LogP) is 3.58. The van der Waals surface area contributed by atoms with E-state index in [1.807, 2.05) is 36.9 Å². The number of aromatic nitrogens is 1. The van der Waals surface area contributed by atoms with Crippen molar-refractivity contribution in [3.63, 3.8) is 0 Å². The van der Waals surface area contributed by atoms with E-state index < -0.39 is 0 Å². The lowest BCUT2D eigenvalue weighted by atomic mass is 10.1. The number of hydrogen-bond donors (Lipinski definition) is 1. The van der Waals surface area contributed by atoms with E-state index >= 15 is 0 Å². The van der Waals surface area contributed by atoms with Gasteiger partial charge in [0.05, 0.1) is 0 Å². The van der Waals surface area contributed by atoms with Gasteiger partial charge in [-0.2, -0.15) is 0 Å². The summed E-state index contributed by atoms with van der Waals surface area (Å²) in [6.45, 7) is 5.43. The van der Waals surface area contributed by atoms with Crippen molar-refractivity contribution < 1.29 is 9.59 Å². The molecule has 1 aliphatic rings. The molecule has 0 bridgehead atoms. The van der Waals surface area contributed by atoms with Gasteiger partial charge in [-0.05, 0) is 56.4 Å². The van der Waals surface area contributed by atoms with Crippen LogP contribution in [0, 0.1) is 13.8 Å². The number of benzene rings is 1. The van der Waals surface area contributed by atoms with E-state index in [-0.39, 0.29) is 17.5 Å². The fourth-order valence-corrected chi connectivity index (χ4v) is 3.13. The van der Waals surface area contributed by atoms with E-state index in [2.05, 4.69) is 10.3 Å². The Morgan fingerprint density at radius 1 is 0.920 bits per heavy atom. The van der Waals surface area contributed by atoms with Crippen molar-refractivity contribution in [2.75, 3.05) is 18.4 Å². The molecule has 25 heavy (non-hydrogen) atoms. The lowest BCUT2D eigenvalue weighted by molar-refractivity contribution is 0.0718. The number of likely N-dealkylation sites (tertiary alicyclic amines) is 1. The van der Waals surface area contributed by atoms with Crippen LogP contribution in [0.1, 0.15) is 51.4 Å². The molecule has 1 N–H and O–H groups in total. The first-order valence-corrected chi connectivity index (χ1v) is 8.70. The predicted molar refractivity (Wildman–Crippen MR) is 97.9 cm³/mol. The van der Waals surface area contributed by atoms with Gasteiger partial charge < -0.3 is 10.2 Å². The molecule has 1 fully saturated rings. The second-order valence-electron chi connectivity index (χ2n) is 6.48. The smallest absolute Gasteiger partial charge is 0.274 e. The van der Waals surface area contributed by atoms with Gasteiger partial charge in [-0.25, -0.2) is 4.98 Å². The van der Waals surface area contributed by atoms with Crippen LogP contribution in [0.15, 0.2) is 36.4 Å². The third-order valence-corrected chi connectivity index (χ3v) is 4.56. The monoisotopic (exact) mass is 337 g/mol. The van der Waals surface area contributed by atoms with Gasteiger partial charge in [-0.3, -0.25) is 9.59 Å². The Morgan fingerprint density at radius 3 is 2.20 bits per heavy atom. The maximum Gasteiger partial charge on any atom is 0.274 e. The Bertz CT molecular complexity index is 775. The topological polar surface area (TPSA) is 62.3 Å². The van der Waals surface area contributed by atoms with Crippen molar-refractivity contribution in [1.82, 2.24) is 9.88 Å². The van der Waals surface area contributed by atoms with Gasteiger partial charge in [-0.1, -0.05) is 24.3 Å². The summed E-state index contributed by atoms with van der Waals surface area (Å²) in [4.78, 5) is 31.3. The van der Waals surface area contributed by atoms with Crippen molar-refractivity contribution >= 4 is 17.5 Å². The summed E-state index contributed by atoms with van der Waals surface area (Å²) < 4.78 is 0. The van der Waals surface area contributed by atoms with Crippen molar-refractivity contribution in [3.8, 4) is 0 Å². The largest absolute Gasteiger partial charge is 0.337 e. The number of para-hydroxylation sites is 1. The summed E-state index contributed by atoms with van der Waals surface area (Å²) in [5.41, 5.74) is 3.37. The van der Waals surface area contributed by atoms with Crippen LogP contribution in [0.3, 0.4) is 0 Å². The Kier molecular flexibility index (Phi) is 5.12. The summed E-state index contributed by atoms with van der Waals surface area (Å²) in [6.07, 6.45) is 3.21. The molecule has 0 saturated carbocycles. The van der Waals surface area contributed by atoms with Crippen molar-refractivity contribution in [2.45, 2.75) is 33.1 Å². The van der Waals surface area contributed by atoms with Crippen molar-refractivity contribution in [2.24, 2.45) is 0 Å². The summed E-state index contributed by atoms with van der Waals surface area (Å²) in [6, 6.07) is 10.9. The highest BCUT2D eigenvalue weighted by Gasteiger charge is 2.20. The number of nitrogens with zero attached hydrogens (tertiary/aromatic N) is 2. The van der Waals surface area contributed by atoms with Gasteiger partial charge in [0.1, 0.15) is 11.4 Å². The zero-order valence-corrected chi connectivity index (χ0v) is 14.7. The van der Waals surface area contributed by atoms with E-state index in [9.17, 15) is 9.59 Å². The lowest BCUT2D eigenvalue weighted by Crippen LogP contribution is -2.36. The quantitative estimate of drug-likeness (QED) is 0.931. The van der Waals surface area contributed by atoms with E-state index in [4.69, 9.17) is 0 Å². The molecule has 0 unspecified atom stereocenters. The minimum Gasteiger partial charge on any atom is -0.337 e. The molecule has 2 heterocycles. The Balaban J connectivity index is 1.78. The van der Waals surface area contributed by atoms with Crippen LogP contribution in [0.4, 0.5) is 5.69 Å². The summed E-state index contributed by atoms with van der Waals surface area (Å²) >= 11 is 0. The second kappa shape index (κ2) is 7.47. The molecular weight excluding hydrogens is 314 g/mol. The molecule has 1 aliphatic heterocycles. The average molecular weight is 337 g/mol. The normalized spacial score (nSPS) is 14.2. The van der Waals surface area contributed by atoms with Gasteiger partial charge in [0.25, 0.3) is 11.8 Å². The minimum atomic E-state index is -0.300. The maximum absolute atomic E-state index is 12.6. The summed E-state index contributed by atoms with van der Waals surface area (Å²) in [5.74, 6) is -0.396. The van der Waals surface area contributed by atoms with E-state index in [0.29, 0.717) is 5.69 Å². The molecule has 0 atom stereocenters. The van der Waals surface area contributed by atoms with Crippen LogP contribution in [0.5, 0.6) is 0 Å². The first kappa shape index (κ1) is 17.1. The van der Waals surface area contributed by atoms with E-state index in [0.717, 1.165) is 49.2 Å². The molecule has 0 spiro atoms. The molecule has 1 aromatic heterocycles. The molecule has 1 aromatic carbocycles. The van der Waals surface area contributed by atoms with Gasteiger partial charge in [0, 0.05) is 18.8 Å². The number of rotatable bonds is 3. The van der Waals surface area contributed by atoms with Crippen LogP contribution in [-0.2, 0) is 0 Å². The maximum atomic E-state index is 12.6. The zero-order valence-electron chi connectivity index (χ0n) is 14.7. The molecular formula is C20H23N3O2. The first-order valence-electron chi connectivity index (χ1n) is 8.70. The van der Waals surface area contributed by atoms with E-state index in [1.54, 1.807) is 18.2 Å². The van der Waals surface area contributed by atoms with Gasteiger partial charge in [-0.15, -0.1) is 0 Å². The Labute approximate surface area is 148 Å². The van der Waals surface area contributed by atoms with Gasteiger partial charge in [0.2, 0.25) is 0 Å². The third-order valence-electron chi connectivity index (χ3n) is 4.56. The number of hydrogen-bond acceptors (Lipinski definition) is 3. The SMILES string of the molecule is Cc1cccc(C)c1NC(=O)c1cccc(C(=O)N2CCCCC2)n1. The molecule has 5 nitrogen and oxygen atoms in total. The summed E-state index contributed by atoms with van der Waals surface area (Å²) in [5, 5.41) is 2.91. The molecule has 0 radical (unpaired) electrons. The molecule has 0 aliphatic carbocycles. The average Bonchev–Trinajstić information content (AvgIpc) is 2.65. The standard InChI is InChI=1S/C20H23N3O2/c1-14-8-6-9-15(2)18(14)22-19(24)16-10-7-11-17(21-16)20(25)23-12-4-3-5-13-23/h6-11H,3-5,12-13H2,1-2H3,(H,22,24).